The van der Waals surface area contributed by atoms with Gasteiger partial charge in [-0.3, -0.25) is 4.99 Å². The van der Waals surface area contributed by atoms with E-state index in [0.29, 0.717) is 6.04 Å². The molecule has 2 N–H and O–H groups in total. The van der Waals surface area contributed by atoms with E-state index in [2.05, 4.69) is 85.7 Å². The maximum atomic E-state index is 4.82. The summed E-state index contributed by atoms with van der Waals surface area (Å²) in [7, 11) is 4.24. The molecule has 1 aromatic heterocycles. The second-order valence-corrected chi connectivity index (χ2v) is 8.24. The van der Waals surface area contributed by atoms with E-state index in [-0.39, 0.29) is 24.0 Å². The fourth-order valence-electron chi connectivity index (χ4n) is 2.77. The molecule has 0 fully saturated rings. The Kier molecular flexibility index (Phi) is 11.6. The van der Waals surface area contributed by atoms with Crippen LogP contribution in [0.5, 0.6) is 0 Å². The number of nitrogens with zero attached hydrogens (tertiary/aromatic N) is 3. The van der Waals surface area contributed by atoms with Crippen LogP contribution in [0.4, 0.5) is 0 Å². The van der Waals surface area contributed by atoms with Crippen molar-refractivity contribution >= 4 is 41.3 Å². The van der Waals surface area contributed by atoms with Gasteiger partial charge in [-0.2, -0.15) is 0 Å². The number of nitrogens with one attached hydrogen (secondary N) is 2. The summed E-state index contributed by atoms with van der Waals surface area (Å²) in [5, 5.41) is 7.97. The Bertz CT molecular complexity index is 695. The zero-order valence-electron chi connectivity index (χ0n) is 17.7. The van der Waals surface area contributed by atoms with Crippen molar-refractivity contribution in [2.75, 3.05) is 33.7 Å². The van der Waals surface area contributed by atoms with E-state index in [1.807, 2.05) is 0 Å². The van der Waals surface area contributed by atoms with Crippen molar-refractivity contribution in [1.29, 1.82) is 0 Å². The number of likely N-dealkylation sites (N-methyl/N-ethyl adjacent to an activating group) is 1. The highest BCUT2D eigenvalue weighted by molar-refractivity contribution is 14.0. The van der Waals surface area contributed by atoms with E-state index in [1.165, 1.54) is 15.4 Å². The fourth-order valence-corrected chi connectivity index (χ4v) is 3.70. The molecule has 5 nitrogen and oxygen atoms in total. The predicted molar refractivity (Wildman–Crippen MR) is 132 cm³/mol. The van der Waals surface area contributed by atoms with Crippen molar-refractivity contribution in [2.24, 2.45) is 4.99 Å². The minimum Gasteiger partial charge on any atom is -0.357 e. The van der Waals surface area contributed by atoms with Gasteiger partial charge in [0.1, 0.15) is 0 Å². The van der Waals surface area contributed by atoms with Crippen molar-refractivity contribution in [3.05, 3.63) is 51.5 Å². The molecule has 0 amide bonds. The zero-order chi connectivity index (χ0) is 19.6. The topological polar surface area (TPSA) is 52.6 Å². The summed E-state index contributed by atoms with van der Waals surface area (Å²) < 4.78 is 0. The molecule has 156 valence electrons. The average molecular weight is 516 g/mol. The third-order valence-corrected chi connectivity index (χ3v) is 5.69. The molecule has 0 aliphatic heterocycles. The van der Waals surface area contributed by atoms with E-state index in [1.54, 1.807) is 11.3 Å². The second kappa shape index (κ2) is 13.1. The van der Waals surface area contributed by atoms with E-state index < -0.39 is 0 Å². The first-order chi connectivity index (χ1) is 13.0. The largest absolute Gasteiger partial charge is 0.357 e. The molecule has 1 heterocycles. The maximum Gasteiger partial charge on any atom is 0.191 e. The lowest BCUT2D eigenvalue weighted by Crippen LogP contribution is -2.40. The Morgan fingerprint density at radius 3 is 2.46 bits per heavy atom. The highest BCUT2D eigenvalue weighted by Crippen LogP contribution is 2.16. The number of thiazole rings is 1. The zero-order valence-corrected chi connectivity index (χ0v) is 20.8. The van der Waals surface area contributed by atoms with Crippen LogP contribution >= 0.6 is 35.3 Å². The number of benzene rings is 1. The molecular weight excluding hydrogens is 481 g/mol. The van der Waals surface area contributed by atoms with Gasteiger partial charge in [0.05, 0.1) is 17.2 Å². The molecule has 0 aliphatic carbocycles. The third-order valence-electron chi connectivity index (χ3n) is 4.55. The normalized spacial score (nSPS) is 12.6. The van der Waals surface area contributed by atoms with E-state index >= 15 is 0 Å². The van der Waals surface area contributed by atoms with Gasteiger partial charge in [-0.25, -0.2) is 4.98 Å². The monoisotopic (exact) mass is 515 g/mol. The van der Waals surface area contributed by atoms with E-state index in [0.717, 1.165) is 44.1 Å². The number of hydrogen-bond donors (Lipinski definition) is 2. The fraction of sp³-hybridized carbons (Fsp3) is 0.524. The van der Waals surface area contributed by atoms with Crippen LogP contribution in [0.25, 0.3) is 0 Å². The summed E-state index contributed by atoms with van der Waals surface area (Å²) >= 11 is 1.78. The van der Waals surface area contributed by atoms with Crippen LogP contribution in [0.2, 0.25) is 0 Å². The number of aliphatic imine (C=N–C) groups is 1. The number of hydrogen-bond acceptors (Lipinski definition) is 4. The van der Waals surface area contributed by atoms with Crippen LogP contribution in [0.3, 0.4) is 0 Å². The summed E-state index contributed by atoms with van der Waals surface area (Å²) in [5.41, 5.74) is 2.49. The summed E-state index contributed by atoms with van der Waals surface area (Å²) in [6, 6.07) is 11.0. The van der Waals surface area contributed by atoms with Crippen molar-refractivity contribution in [1.82, 2.24) is 20.5 Å². The van der Waals surface area contributed by atoms with Crippen LogP contribution in [0.1, 0.15) is 28.1 Å². The summed E-state index contributed by atoms with van der Waals surface area (Å²) in [4.78, 5) is 13.0. The summed E-state index contributed by atoms with van der Waals surface area (Å²) in [6.07, 6.45) is 1.92. The second-order valence-electron chi connectivity index (χ2n) is 6.95. The molecule has 1 aromatic carbocycles. The Morgan fingerprint density at radius 1 is 1.18 bits per heavy atom. The van der Waals surface area contributed by atoms with Gasteiger partial charge in [0.25, 0.3) is 0 Å². The molecule has 0 radical (unpaired) electrons. The molecule has 2 aromatic rings. The van der Waals surface area contributed by atoms with Crippen LogP contribution in [-0.2, 0) is 12.8 Å². The van der Waals surface area contributed by atoms with Gasteiger partial charge in [0, 0.05) is 30.4 Å². The van der Waals surface area contributed by atoms with Crippen LogP contribution in [-0.4, -0.2) is 55.6 Å². The third kappa shape index (κ3) is 8.45. The minimum absolute atomic E-state index is 0. The lowest BCUT2D eigenvalue weighted by atomic mass is 10.1. The first-order valence-corrected chi connectivity index (χ1v) is 10.5. The molecule has 0 saturated carbocycles. The van der Waals surface area contributed by atoms with Gasteiger partial charge in [0.15, 0.2) is 5.96 Å². The summed E-state index contributed by atoms with van der Waals surface area (Å²) in [5.74, 6) is 0.877. The predicted octanol–water partition coefficient (Wildman–Crippen LogP) is 3.65. The average Bonchev–Trinajstić information content (AvgIpc) is 2.96. The van der Waals surface area contributed by atoms with Gasteiger partial charge in [-0.15, -0.1) is 35.3 Å². The van der Waals surface area contributed by atoms with E-state index in [9.17, 15) is 0 Å². The minimum atomic E-state index is 0. The Morgan fingerprint density at radius 2 is 1.89 bits per heavy atom. The Hall–Kier alpha value is -1.19. The maximum absolute atomic E-state index is 4.82. The number of rotatable bonds is 9. The quantitative estimate of drug-likeness (QED) is 0.304. The van der Waals surface area contributed by atoms with Crippen LogP contribution < -0.4 is 10.6 Å². The highest BCUT2D eigenvalue weighted by atomic mass is 127. The molecule has 0 bridgehead atoms. The number of halogens is 1. The molecule has 0 saturated heterocycles. The van der Waals surface area contributed by atoms with Crippen LogP contribution in [0.15, 0.2) is 35.3 Å². The summed E-state index contributed by atoms with van der Waals surface area (Å²) in [6.45, 7) is 8.74. The lowest BCUT2D eigenvalue weighted by Gasteiger charge is -2.23. The van der Waals surface area contributed by atoms with Crippen LogP contribution in [0, 0.1) is 13.8 Å². The SMILES string of the molecule is CCNC(=NCC(Cc1ccccc1)N(C)C)NCCc1nc(C)c(C)s1.I. The van der Waals surface area contributed by atoms with E-state index in [4.69, 9.17) is 4.99 Å². The standard InChI is InChI=1S/C21H33N5S.HI/c1-6-22-21(23-13-12-20-25-16(2)17(3)27-20)24-15-19(26(4)5)14-18-10-8-7-9-11-18;/h7-11,19H,6,12-15H2,1-5H3,(H2,22,23,24);1H. The van der Waals surface area contributed by atoms with Gasteiger partial charge in [-0.05, 0) is 46.9 Å². The molecular formula is C21H34IN5S. The van der Waals surface area contributed by atoms with Gasteiger partial charge in [0.2, 0.25) is 0 Å². The molecule has 0 spiro atoms. The van der Waals surface area contributed by atoms with Crippen molar-refractivity contribution in [3.8, 4) is 0 Å². The molecule has 2 rings (SSSR count). The number of guanidine groups is 1. The van der Waals surface area contributed by atoms with Crippen molar-refractivity contribution in [3.63, 3.8) is 0 Å². The molecule has 7 heteroatoms. The number of aryl methyl sites for hydroxylation is 2. The van der Waals surface area contributed by atoms with Gasteiger partial charge < -0.3 is 15.5 Å². The molecule has 1 unspecified atom stereocenters. The number of aromatic nitrogens is 1. The molecule has 28 heavy (non-hydrogen) atoms. The highest BCUT2D eigenvalue weighted by Gasteiger charge is 2.12. The van der Waals surface area contributed by atoms with Crippen molar-refractivity contribution in [2.45, 2.75) is 39.7 Å². The lowest BCUT2D eigenvalue weighted by molar-refractivity contribution is 0.298. The first-order valence-electron chi connectivity index (χ1n) is 9.65. The smallest absolute Gasteiger partial charge is 0.191 e. The first kappa shape index (κ1) is 24.8. The van der Waals surface area contributed by atoms with Gasteiger partial charge in [-0.1, -0.05) is 30.3 Å². The molecule has 0 aliphatic rings. The Labute approximate surface area is 191 Å². The Balaban J connectivity index is 0.00000392. The van der Waals surface area contributed by atoms with Gasteiger partial charge >= 0.3 is 0 Å². The van der Waals surface area contributed by atoms with Crippen molar-refractivity contribution < 1.29 is 0 Å². The molecule has 1 atom stereocenters.